The van der Waals surface area contributed by atoms with Crippen LogP contribution in [0.2, 0.25) is 0 Å². The topological polar surface area (TPSA) is 38.8 Å². The first kappa shape index (κ1) is 19.8. The van der Waals surface area contributed by atoms with Gasteiger partial charge in [0.15, 0.2) is 5.78 Å². The highest BCUT2D eigenvalue weighted by Crippen LogP contribution is 2.23. The summed E-state index contributed by atoms with van der Waals surface area (Å²) in [6.45, 7) is 4.00. The van der Waals surface area contributed by atoms with Gasteiger partial charge in [-0.05, 0) is 67.9 Å². The number of hydrogen-bond acceptors (Lipinski definition) is 5. The first-order chi connectivity index (χ1) is 13.2. The highest BCUT2D eigenvalue weighted by atomic mass is 32.1. The van der Waals surface area contributed by atoms with Crippen LogP contribution in [0, 0.1) is 0 Å². The molecule has 0 saturated carbocycles. The van der Waals surface area contributed by atoms with Crippen LogP contribution in [0.15, 0.2) is 47.4 Å². The van der Waals surface area contributed by atoms with Gasteiger partial charge in [-0.25, -0.2) is 0 Å². The van der Waals surface area contributed by atoms with Crippen LogP contribution in [0.3, 0.4) is 0 Å². The summed E-state index contributed by atoms with van der Waals surface area (Å²) in [5.74, 6) is 1.61. The average Bonchev–Trinajstić information content (AvgIpc) is 2.70. The molecule has 1 saturated heterocycles. The fourth-order valence-electron chi connectivity index (χ4n) is 3.31. The molecule has 0 amide bonds. The summed E-state index contributed by atoms with van der Waals surface area (Å²) >= 11 is 4.45. The number of methoxy groups -OCH3 is 1. The predicted molar refractivity (Wildman–Crippen MR) is 111 cm³/mol. The molecular formula is C22H27NO3S. The molecule has 0 bridgehead atoms. The van der Waals surface area contributed by atoms with E-state index in [-0.39, 0.29) is 5.78 Å². The van der Waals surface area contributed by atoms with Gasteiger partial charge in [0, 0.05) is 23.4 Å². The number of piperidine rings is 1. The minimum absolute atomic E-state index is 0.0651. The molecule has 0 aromatic heterocycles. The third-order valence-electron chi connectivity index (χ3n) is 4.94. The van der Waals surface area contributed by atoms with E-state index in [0.717, 1.165) is 28.5 Å². The third-order valence-corrected chi connectivity index (χ3v) is 5.36. The van der Waals surface area contributed by atoms with Crippen LogP contribution >= 0.6 is 12.6 Å². The van der Waals surface area contributed by atoms with Crippen molar-refractivity contribution in [2.45, 2.75) is 30.6 Å². The number of benzene rings is 2. The number of nitrogens with zero attached hydrogens (tertiary/aromatic N) is 1. The molecule has 1 heterocycles. The van der Waals surface area contributed by atoms with Crippen LogP contribution in [0.4, 0.5) is 0 Å². The van der Waals surface area contributed by atoms with Gasteiger partial charge in [0.1, 0.15) is 18.1 Å². The quantitative estimate of drug-likeness (QED) is 0.544. The van der Waals surface area contributed by atoms with E-state index in [1.54, 1.807) is 7.11 Å². The smallest absolute Gasteiger partial charge is 0.167 e. The van der Waals surface area contributed by atoms with Gasteiger partial charge < -0.3 is 9.47 Å². The van der Waals surface area contributed by atoms with Gasteiger partial charge in [-0.2, -0.15) is 0 Å². The summed E-state index contributed by atoms with van der Waals surface area (Å²) in [6.07, 6.45) is 4.24. The molecule has 144 valence electrons. The van der Waals surface area contributed by atoms with Gasteiger partial charge in [0.2, 0.25) is 0 Å². The fourth-order valence-corrected chi connectivity index (χ4v) is 3.59. The van der Waals surface area contributed by atoms with Crippen LogP contribution in [0.25, 0.3) is 0 Å². The lowest BCUT2D eigenvalue weighted by Crippen LogP contribution is -2.33. The van der Waals surface area contributed by atoms with Gasteiger partial charge in [0.25, 0.3) is 0 Å². The molecule has 0 spiro atoms. The molecule has 1 aliphatic rings. The second kappa shape index (κ2) is 9.81. The highest BCUT2D eigenvalue weighted by Gasteiger charge is 2.11. The van der Waals surface area contributed by atoms with E-state index in [1.807, 2.05) is 42.5 Å². The Morgan fingerprint density at radius 2 is 1.74 bits per heavy atom. The van der Waals surface area contributed by atoms with E-state index >= 15 is 0 Å². The molecule has 4 nitrogen and oxygen atoms in total. The SMILES string of the molecule is COc1ccc(CC(=O)c2ccc(OCCN3CCCCC3)cc2)c(S)c1. The molecule has 0 aliphatic carbocycles. The standard InChI is InChI=1S/C22H27NO3S/c1-25-20-10-7-18(22(27)16-20)15-21(24)17-5-8-19(9-6-17)26-14-13-23-11-3-2-4-12-23/h5-10,16,27H,2-4,11-15H2,1H3. The molecule has 0 N–H and O–H groups in total. The van der Waals surface area contributed by atoms with E-state index in [9.17, 15) is 4.79 Å². The van der Waals surface area contributed by atoms with E-state index in [4.69, 9.17) is 9.47 Å². The lowest BCUT2D eigenvalue weighted by atomic mass is 10.0. The van der Waals surface area contributed by atoms with Crippen LogP contribution in [-0.2, 0) is 6.42 Å². The van der Waals surface area contributed by atoms with E-state index in [0.29, 0.717) is 18.6 Å². The minimum atomic E-state index is 0.0651. The molecule has 3 rings (SSSR count). The Hall–Kier alpha value is -1.98. The Kier molecular flexibility index (Phi) is 7.18. The molecule has 1 aliphatic heterocycles. The fraction of sp³-hybridized carbons (Fsp3) is 0.409. The van der Waals surface area contributed by atoms with Gasteiger partial charge in [-0.3, -0.25) is 9.69 Å². The number of ketones is 1. The predicted octanol–water partition coefficient (Wildman–Crippen LogP) is 4.27. The normalized spacial score (nSPS) is 14.7. The van der Waals surface area contributed by atoms with Crippen molar-refractivity contribution in [3.05, 3.63) is 53.6 Å². The summed E-state index contributed by atoms with van der Waals surface area (Å²) < 4.78 is 11.0. The number of Topliss-reactive ketones (excluding diaryl/α,β-unsaturated/α-hetero) is 1. The van der Waals surface area contributed by atoms with Crippen molar-refractivity contribution in [2.75, 3.05) is 33.4 Å². The zero-order valence-corrected chi connectivity index (χ0v) is 16.7. The van der Waals surface area contributed by atoms with Gasteiger partial charge in [0.05, 0.1) is 7.11 Å². The molecular weight excluding hydrogens is 358 g/mol. The Morgan fingerprint density at radius 3 is 2.41 bits per heavy atom. The first-order valence-corrected chi connectivity index (χ1v) is 9.95. The Labute approximate surface area is 166 Å². The zero-order valence-electron chi connectivity index (χ0n) is 15.8. The number of hydrogen-bond donors (Lipinski definition) is 1. The van der Waals surface area contributed by atoms with Crippen LogP contribution in [-0.4, -0.2) is 44.0 Å². The summed E-state index contributed by atoms with van der Waals surface area (Å²) in [5.41, 5.74) is 1.58. The van der Waals surface area contributed by atoms with E-state index < -0.39 is 0 Å². The second-order valence-electron chi connectivity index (χ2n) is 6.87. The maximum Gasteiger partial charge on any atom is 0.167 e. The van der Waals surface area contributed by atoms with Crippen molar-refractivity contribution in [1.29, 1.82) is 0 Å². The van der Waals surface area contributed by atoms with Crippen molar-refractivity contribution in [1.82, 2.24) is 4.90 Å². The van der Waals surface area contributed by atoms with Gasteiger partial charge in [-0.15, -0.1) is 12.6 Å². The summed E-state index contributed by atoms with van der Waals surface area (Å²) in [5, 5.41) is 0. The Morgan fingerprint density at radius 1 is 1.04 bits per heavy atom. The maximum absolute atomic E-state index is 12.5. The number of carbonyl (C=O) groups excluding carboxylic acids is 1. The maximum atomic E-state index is 12.5. The van der Waals surface area contributed by atoms with Crippen LogP contribution in [0.1, 0.15) is 35.2 Å². The monoisotopic (exact) mass is 385 g/mol. The number of likely N-dealkylation sites (tertiary alicyclic amines) is 1. The van der Waals surface area contributed by atoms with E-state index in [1.165, 1.54) is 32.4 Å². The number of rotatable bonds is 8. The molecule has 27 heavy (non-hydrogen) atoms. The summed E-state index contributed by atoms with van der Waals surface area (Å²) in [4.78, 5) is 15.8. The van der Waals surface area contributed by atoms with Crippen LogP contribution in [0.5, 0.6) is 11.5 Å². The summed E-state index contributed by atoms with van der Waals surface area (Å²) in [7, 11) is 1.61. The molecule has 5 heteroatoms. The van der Waals surface area contributed by atoms with Crippen molar-refractivity contribution in [3.8, 4) is 11.5 Å². The molecule has 0 atom stereocenters. The Bertz CT molecular complexity index is 755. The molecule has 1 fully saturated rings. The first-order valence-electron chi connectivity index (χ1n) is 9.50. The lowest BCUT2D eigenvalue weighted by molar-refractivity contribution is 0.0992. The van der Waals surface area contributed by atoms with Crippen molar-refractivity contribution in [3.63, 3.8) is 0 Å². The van der Waals surface area contributed by atoms with E-state index in [2.05, 4.69) is 17.5 Å². The number of carbonyl (C=O) groups is 1. The lowest BCUT2D eigenvalue weighted by Gasteiger charge is -2.26. The number of thiol groups is 1. The van der Waals surface area contributed by atoms with Crippen molar-refractivity contribution >= 4 is 18.4 Å². The summed E-state index contributed by atoms with van der Waals surface area (Å²) in [6, 6.07) is 13.0. The number of ether oxygens (including phenoxy) is 2. The Balaban J connectivity index is 1.51. The zero-order chi connectivity index (χ0) is 19.1. The third kappa shape index (κ3) is 5.75. The van der Waals surface area contributed by atoms with Gasteiger partial charge >= 0.3 is 0 Å². The molecule has 2 aromatic rings. The minimum Gasteiger partial charge on any atom is -0.497 e. The highest BCUT2D eigenvalue weighted by molar-refractivity contribution is 7.80. The van der Waals surface area contributed by atoms with Crippen molar-refractivity contribution in [2.24, 2.45) is 0 Å². The second-order valence-corrected chi connectivity index (χ2v) is 7.35. The largest absolute Gasteiger partial charge is 0.497 e. The van der Waals surface area contributed by atoms with Crippen molar-refractivity contribution < 1.29 is 14.3 Å². The van der Waals surface area contributed by atoms with Crippen LogP contribution < -0.4 is 9.47 Å². The average molecular weight is 386 g/mol. The molecule has 0 radical (unpaired) electrons. The van der Waals surface area contributed by atoms with Gasteiger partial charge in [-0.1, -0.05) is 12.5 Å². The molecule has 0 unspecified atom stereocenters. The molecule has 2 aromatic carbocycles.